The highest BCUT2D eigenvalue weighted by molar-refractivity contribution is 4.61. The summed E-state index contributed by atoms with van der Waals surface area (Å²) in [4.78, 5) is 0. The van der Waals surface area contributed by atoms with Gasteiger partial charge in [-0.2, -0.15) is 0 Å². The van der Waals surface area contributed by atoms with Gasteiger partial charge in [0.05, 0.1) is 0 Å². The fourth-order valence-corrected chi connectivity index (χ4v) is 2.45. The van der Waals surface area contributed by atoms with E-state index >= 15 is 0 Å². The predicted molar refractivity (Wildman–Crippen MR) is 79.3 cm³/mol. The predicted octanol–water partition coefficient (Wildman–Crippen LogP) is 5.28. The van der Waals surface area contributed by atoms with Crippen LogP contribution in [-0.4, -0.2) is 6.54 Å². The SMILES string of the molecule is CCCCCCCC[C@@H](CN)CCCCCC. The van der Waals surface area contributed by atoms with Gasteiger partial charge in [-0.05, 0) is 25.3 Å². The first-order valence-electron chi connectivity index (χ1n) is 8.05. The van der Waals surface area contributed by atoms with Crippen LogP contribution < -0.4 is 5.73 Å². The fraction of sp³-hybridized carbons (Fsp3) is 1.00. The van der Waals surface area contributed by atoms with Gasteiger partial charge in [-0.15, -0.1) is 0 Å². The van der Waals surface area contributed by atoms with E-state index in [-0.39, 0.29) is 0 Å². The molecule has 0 bridgehead atoms. The van der Waals surface area contributed by atoms with Gasteiger partial charge < -0.3 is 5.73 Å². The smallest absolute Gasteiger partial charge is 0.00489 e. The normalized spacial score (nSPS) is 12.9. The van der Waals surface area contributed by atoms with E-state index in [1.165, 1.54) is 77.0 Å². The molecule has 0 amide bonds. The zero-order valence-corrected chi connectivity index (χ0v) is 12.3. The highest BCUT2D eigenvalue weighted by atomic mass is 14.5. The highest BCUT2D eigenvalue weighted by Gasteiger charge is 2.05. The highest BCUT2D eigenvalue weighted by Crippen LogP contribution is 2.17. The van der Waals surface area contributed by atoms with Gasteiger partial charge >= 0.3 is 0 Å². The summed E-state index contributed by atoms with van der Waals surface area (Å²) in [6.07, 6.45) is 16.7. The summed E-state index contributed by atoms with van der Waals surface area (Å²) in [7, 11) is 0. The second kappa shape index (κ2) is 14.0. The van der Waals surface area contributed by atoms with Gasteiger partial charge in [-0.1, -0.05) is 78.1 Å². The standard InChI is InChI=1S/C16H35N/c1-3-5-7-9-10-12-14-16(15-17)13-11-8-6-4-2/h16H,3-15,17H2,1-2H3/t16-/m0/s1. The summed E-state index contributed by atoms with van der Waals surface area (Å²) in [5, 5.41) is 0. The lowest BCUT2D eigenvalue weighted by atomic mass is 9.94. The molecule has 104 valence electrons. The van der Waals surface area contributed by atoms with Crippen LogP contribution in [0.2, 0.25) is 0 Å². The lowest BCUT2D eigenvalue weighted by Crippen LogP contribution is -2.14. The van der Waals surface area contributed by atoms with Crippen LogP contribution >= 0.6 is 0 Å². The maximum Gasteiger partial charge on any atom is -0.00489 e. The van der Waals surface area contributed by atoms with E-state index in [9.17, 15) is 0 Å². The summed E-state index contributed by atoms with van der Waals surface area (Å²) >= 11 is 0. The van der Waals surface area contributed by atoms with Gasteiger partial charge in [0.2, 0.25) is 0 Å². The Morgan fingerprint density at radius 1 is 0.647 bits per heavy atom. The Morgan fingerprint density at radius 3 is 1.53 bits per heavy atom. The van der Waals surface area contributed by atoms with Crippen LogP contribution in [0.25, 0.3) is 0 Å². The molecule has 0 aliphatic heterocycles. The summed E-state index contributed by atoms with van der Waals surface area (Å²) in [6, 6.07) is 0. The van der Waals surface area contributed by atoms with Crippen LogP contribution in [0.1, 0.15) is 90.9 Å². The molecule has 0 aromatic rings. The summed E-state index contributed by atoms with van der Waals surface area (Å²) < 4.78 is 0. The van der Waals surface area contributed by atoms with Crippen LogP contribution in [0.15, 0.2) is 0 Å². The molecule has 0 aliphatic carbocycles. The number of rotatable bonds is 13. The van der Waals surface area contributed by atoms with Crippen molar-refractivity contribution in [2.24, 2.45) is 11.7 Å². The van der Waals surface area contributed by atoms with E-state index < -0.39 is 0 Å². The van der Waals surface area contributed by atoms with Gasteiger partial charge in [0.15, 0.2) is 0 Å². The minimum Gasteiger partial charge on any atom is -0.330 e. The molecule has 0 rings (SSSR count). The second-order valence-electron chi connectivity index (χ2n) is 5.51. The van der Waals surface area contributed by atoms with Gasteiger partial charge in [-0.3, -0.25) is 0 Å². The molecule has 0 aliphatic rings. The molecule has 0 aromatic heterocycles. The van der Waals surface area contributed by atoms with Crippen molar-refractivity contribution in [3.05, 3.63) is 0 Å². The molecule has 0 heterocycles. The molecule has 0 saturated heterocycles. The zero-order chi connectivity index (χ0) is 12.8. The molecule has 0 saturated carbocycles. The maximum absolute atomic E-state index is 5.85. The van der Waals surface area contributed by atoms with Crippen molar-refractivity contribution in [2.45, 2.75) is 90.9 Å². The zero-order valence-electron chi connectivity index (χ0n) is 12.3. The van der Waals surface area contributed by atoms with Crippen molar-refractivity contribution in [3.8, 4) is 0 Å². The van der Waals surface area contributed by atoms with E-state index in [0.717, 1.165) is 12.5 Å². The lowest BCUT2D eigenvalue weighted by molar-refractivity contribution is 0.412. The van der Waals surface area contributed by atoms with Gasteiger partial charge in [-0.25, -0.2) is 0 Å². The third-order valence-corrected chi connectivity index (χ3v) is 3.77. The van der Waals surface area contributed by atoms with E-state index in [1.54, 1.807) is 0 Å². The molecule has 2 N–H and O–H groups in total. The van der Waals surface area contributed by atoms with Gasteiger partial charge in [0.25, 0.3) is 0 Å². The van der Waals surface area contributed by atoms with Crippen LogP contribution in [0.5, 0.6) is 0 Å². The van der Waals surface area contributed by atoms with E-state index in [1.807, 2.05) is 0 Å². The van der Waals surface area contributed by atoms with Crippen molar-refractivity contribution in [1.29, 1.82) is 0 Å². The number of nitrogens with two attached hydrogens (primary N) is 1. The monoisotopic (exact) mass is 241 g/mol. The molecule has 1 nitrogen and oxygen atoms in total. The quantitative estimate of drug-likeness (QED) is 0.436. The van der Waals surface area contributed by atoms with E-state index in [0.29, 0.717) is 0 Å². The first-order valence-corrected chi connectivity index (χ1v) is 8.05. The Hall–Kier alpha value is -0.0400. The second-order valence-corrected chi connectivity index (χ2v) is 5.51. The average Bonchev–Trinajstić information content (AvgIpc) is 2.36. The van der Waals surface area contributed by atoms with Crippen LogP contribution in [0, 0.1) is 5.92 Å². The number of hydrogen-bond acceptors (Lipinski definition) is 1. The summed E-state index contributed by atoms with van der Waals surface area (Å²) in [6.45, 7) is 5.46. The van der Waals surface area contributed by atoms with Crippen molar-refractivity contribution >= 4 is 0 Å². The van der Waals surface area contributed by atoms with Crippen LogP contribution in [0.3, 0.4) is 0 Å². The minimum absolute atomic E-state index is 0.804. The third-order valence-electron chi connectivity index (χ3n) is 3.77. The molecular weight excluding hydrogens is 206 g/mol. The molecular formula is C16H35N. The minimum atomic E-state index is 0.804. The number of unbranched alkanes of at least 4 members (excludes halogenated alkanes) is 8. The lowest BCUT2D eigenvalue weighted by Gasteiger charge is -2.14. The summed E-state index contributed by atoms with van der Waals surface area (Å²) in [5.74, 6) is 0.804. The first-order chi connectivity index (χ1) is 8.35. The van der Waals surface area contributed by atoms with Crippen LogP contribution in [0.4, 0.5) is 0 Å². The molecule has 0 radical (unpaired) electrons. The molecule has 1 heteroatoms. The Kier molecular flexibility index (Phi) is 14.0. The van der Waals surface area contributed by atoms with Crippen molar-refractivity contribution in [1.82, 2.24) is 0 Å². The molecule has 0 unspecified atom stereocenters. The first kappa shape index (κ1) is 17.0. The molecule has 1 atom stereocenters. The Morgan fingerprint density at radius 2 is 1.06 bits per heavy atom. The van der Waals surface area contributed by atoms with Gasteiger partial charge in [0, 0.05) is 0 Å². The molecule has 0 fully saturated rings. The largest absolute Gasteiger partial charge is 0.330 e. The van der Waals surface area contributed by atoms with Gasteiger partial charge in [0.1, 0.15) is 0 Å². The maximum atomic E-state index is 5.85. The Bertz CT molecular complexity index is 133. The third kappa shape index (κ3) is 12.2. The van der Waals surface area contributed by atoms with Crippen molar-refractivity contribution in [2.75, 3.05) is 6.54 Å². The van der Waals surface area contributed by atoms with E-state index in [2.05, 4.69) is 13.8 Å². The van der Waals surface area contributed by atoms with Crippen molar-refractivity contribution in [3.63, 3.8) is 0 Å². The number of hydrogen-bond donors (Lipinski definition) is 1. The average molecular weight is 241 g/mol. The van der Waals surface area contributed by atoms with Crippen molar-refractivity contribution < 1.29 is 0 Å². The molecule has 17 heavy (non-hydrogen) atoms. The molecule has 0 spiro atoms. The topological polar surface area (TPSA) is 26.0 Å². The Labute approximate surface area is 110 Å². The molecule has 0 aromatic carbocycles. The van der Waals surface area contributed by atoms with Crippen LogP contribution in [-0.2, 0) is 0 Å². The van der Waals surface area contributed by atoms with E-state index in [4.69, 9.17) is 5.73 Å². The fourth-order valence-electron chi connectivity index (χ4n) is 2.45. The Balaban J connectivity index is 3.28. The summed E-state index contributed by atoms with van der Waals surface area (Å²) in [5.41, 5.74) is 5.85.